The van der Waals surface area contributed by atoms with E-state index in [1.165, 1.54) is 12.8 Å². The molecule has 9 heteroatoms. The van der Waals surface area contributed by atoms with Gasteiger partial charge in [0.05, 0.1) is 33.2 Å². The maximum absolute atomic E-state index is 6.93. The molecule has 6 rings (SSSR count). The lowest BCUT2D eigenvalue weighted by molar-refractivity contribution is 0.438. The Balaban J connectivity index is 1.43. The van der Waals surface area contributed by atoms with Gasteiger partial charge in [-0.15, -0.1) is 0 Å². The quantitative estimate of drug-likeness (QED) is 0.235. The Morgan fingerprint density at radius 2 is 1.67 bits per heavy atom. The molecule has 0 radical (unpaired) electrons. The highest BCUT2D eigenvalue weighted by Gasteiger charge is 2.42. The van der Waals surface area contributed by atoms with Gasteiger partial charge in [-0.2, -0.15) is 0 Å². The van der Waals surface area contributed by atoms with Crippen LogP contribution in [0.15, 0.2) is 79.1 Å². The van der Waals surface area contributed by atoms with Gasteiger partial charge in [0.2, 0.25) is 0 Å². The van der Waals surface area contributed by atoms with Crippen molar-refractivity contribution in [2.75, 3.05) is 22.9 Å². The van der Waals surface area contributed by atoms with E-state index in [4.69, 9.17) is 47.0 Å². The minimum Gasteiger partial charge on any atom is -0.370 e. The maximum Gasteiger partial charge on any atom is 0.174 e. The predicted octanol–water partition coefficient (Wildman–Crippen LogP) is 8.25. The molecule has 0 amide bonds. The summed E-state index contributed by atoms with van der Waals surface area (Å²) >= 11 is 25.8. The van der Waals surface area contributed by atoms with Crippen molar-refractivity contribution in [3.8, 4) is 5.69 Å². The summed E-state index contributed by atoms with van der Waals surface area (Å²) in [6, 6.07) is 21.4. The van der Waals surface area contributed by atoms with Crippen LogP contribution in [0, 0.1) is 5.92 Å². The lowest BCUT2D eigenvalue weighted by atomic mass is 9.98. The molecule has 200 valence electrons. The standard InChI is InChI=1S/C30H28Cl3N5S/c1-19-11-15-36(16-12-19)25-10-8-21(18-23(25)33)38-29(28(35-30(38)39)24-5-2-3-13-34-24)27-6-4-14-37(27)26-9-7-20(31)17-22(26)32/h2-10,13-14,17-19,28-29H,11-12,15-16H2,1H3,(H,35,39)/t28-,29-/m1/s1. The highest BCUT2D eigenvalue weighted by atomic mass is 35.5. The lowest BCUT2D eigenvalue weighted by Gasteiger charge is -2.33. The number of hydrogen-bond acceptors (Lipinski definition) is 3. The van der Waals surface area contributed by atoms with Gasteiger partial charge in [-0.05, 0) is 91.6 Å². The lowest BCUT2D eigenvalue weighted by Crippen LogP contribution is -2.33. The van der Waals surface area contributed by atoms with Gasteiger partial charge in [0, 0.05) is 41.9 Å². The van der Waals surface area contributed by atoms with E-state index in [9.17, 15) is 0 Å². The number of thiocarbonyl (C=S) groups is 1. The van der Waals surface area contributed by atoms with E-state index in [0.29, 0.717) is 15.2 Å². The second-order valence-electron chi connectivity index (χ2n) is 10.2. The first-order chi connectivity index (χ1) is 18.9. The number of pyridine rings is 1. The molecule has 0 saturated carbocycles. The van der Waals surface area contributed by atoms with Crippen LogP contribution >= 0.6 is 47.0 Å². The number of aromatic nitrogens is 2. The second-order valence-corrected chi connectivity index (χ2v) is 11.8. The minimum absolute atomic E-state index is 0.194. The van der Waals surface area contributed by atoms with Crippen molar-refractivity contribution in [3.05, 3.63) is 106 Å². The van der Waals surface area contributed by atoms with Crippen molar-refractivity contribution < 1.29 is 0 Å². The first-order valence-electron chi connectivity index (χ1n) is 13.1. The molecular weight excluding hydrogens is 569 g/mol. The SMILES string of the molecule is CC1CCN(c2ccc(N3C(=S)N[C@H](c4ccccn4)[C@H]3c3cccn3-c3ccc(Cl)cc3Cl)cc2Cl)CC1. The average molecular weight is 597 g/mol. The third-order valence-electron chi connectivity index (χ3n) is 7.68. The third kappa shape index (κ3) is 5.11. The molecule has 2 saturated heterocycles. The first-order valence-corrected chi connectivity index (χ1v) is 14.6. The number of rotatable bonds is 5. The van der Waals surface area contributed by atoms with Gasteiger partial charge >= 0.3 is 0 Å². The van der Waals surface area contributed by atoms with E-state index in [1.807, 2.05) is 48.7 Å². The summed E-state index contributed by atoms with van der Waals surface area (Å²) in [4.78, 5) is 9.20. The molecule has 1 N–H and O–H groups in total. The predicted molar refractivity (Wildman–Crippen MR) is 166 cm³/mol. The maximum atomic E-state index is 6.93. The van der Waals surface area contributed by atoms with Crippen molar-refractivity contribution in [1.29, 1.82) is 0 Å². The Morgan fingerprint density at radius 1 is 0.897 bits per heavy atom. The molecule has 2 aliphatic heterocycles. The smallest absolute Gasteiger partial charge is 0.174 e. The summed E-state index contributed by atoms with van der Waals surface area (Å²) in [6.07, 6.45) is 6.17. The second kappa shape index (κ2) is 11.0. The number of nitrogens with zero attached hydrogens (tertiary/aromatic N) is 4. The molecule has 2 aliphatic rings. The van der Waals surface area contributed by atoms with Crippen LogP contribution in [0.3, 0.4) is 0 Å². The van der Waals surface area contributed by atoms with Crippen molar-refractivity contribution in [1.82, 2.24) is 14.9 Å². The first kappa shape index (κ1) is 26.5. The van der Waals surface area contributed by atoms with Crippen LogP contribution in [-0.2, 0) is 0 Å². The molecule has 2 aromatic carbocycles. The molecule has 0 spiro atoms. The van der Waals surface area contributed by atoms with Crippen LogP contribution in [0.4, 0.5) is 11.4 Å². The fourth-order valence-corrected chi connectivity index (χ4v) is 6.76. The fraction of sp³-hybridized carbons (Fsp3) is 0.267. The molecule has 4 aromatic rings. The number of hydrogen-bond donors (Lipinski definition) is 1. The van der Waals surface area contributed by atoms with Gasteiger partial charge in [0.1, 0.15) is 6.04 Å². The van der Waals surface area contributed by atoms with Gasteiger partial charge < -0.3 is 19.7 Å². The summed E-state index contributed by atoms with van der Waals surface area (Å²) in [6.45, 7) is 4.35. The summed E-state index contributed by atoms with van der Waals surface area (Å²) in [5, 5.41) is 6.03. The molecule has 39 heavy (non-hydrogen) atoms. The Labute approximate surface area is 249 Å². The van der Waals surface area contributed by atoms with E-state index in [2.05, 4.69) is 49.8 Å². The molecule has 0 bridgehead atoms. The zero-order valence-electron chi connectivity index (χ0n) is 21.4. The number of benzene rings is 2. The summed E-state index contributed by atoms with van der Waals surface area (Å²) in [7, 11) is 0. The number of piperidine rings is 1. The molecular formula is C30H28Cl3N5S. The molecule has 4 heterocycles. The Bertz CT molecular complexity index is 1500. The van der Waals surface area contributed by atoms with Gasteiger partial charge in [-0.3, -0.25) is 4.98 Å². The van der Waals surface area contributed by atoms with E-state index < -0.39 is 0 Å². The molecule has 2 aromatic heterocycles. The number of anilines is 2. The molecule has 0 unspecified atom stereocenters. The summed E-state index contributed by atoms with van der Waals surface area (Å²) in [5.74, 6) is 0.752. The summed E-state index contributed by atoms with van der Waals surface area (Å²) in [5.41, 5.74) is 4.73. The van der Waals surface area contributed by atoms with Crippen LogP contribution < -0.4 is 15.1 Å². The molecule has 2 fully saturated rings. The van der Waals surface area contributed by atoms with Gasteiger partial charge in [-0.25, -0.2) is 0 Å². The highest BCUT2D eigenvalue weighted by molar-refractivity contribution is 7.80. The number of nitrogens with one attached hydrogen (secondary N) is 1. The highest BCUT2D eigenvalue weighted by Crippen LogP contribution is 2.44. The zero-order chi connectivity index (χ0) is 27.1. The van der Waals surface area contributed by atoms with Crippen molar-refractivity contribution in [2.45, 2.75) is 31.8 Å². The van der Waals surface area contributed by atoms with Crippen LogP contribution in [0.1, 0.15) is 43.2 Å². The van der Waals surface area contributed by atoms with Crippen LogP contribution in [0.25, 0.3) is 5.69 Å². The van der Waals surface area contributed by atoms with Crippen molar-refractivity contribution in [3.63, 3.8) is 0 Å². The Kier molecular flexibility index (Phi) is 7.47. The monoisotopic (exact) mass is 595 g/mol. The van der Waals surface area contributed by atoms with E-state index >= 15 is 0 Å². The van der Waals surface area contributed by atoms with E-state index in [-0.39, 0.29) is 12.1 Å². The zero-order valence-corrected chi connectivity index (χ0v) is 24.5. The van der Waals surface area contributed by atoms with Crippen LogP contribution in [0.5, 0.6) is 0 Å². The van der Waals surface area contributed by atoms with E-state index in [1.54, 1.807) is 12.3 Å². The molecule has 0 aliphatic carbocycles. The third-order valence-corrected chi connectivity index (χ3v) is 8.84. The van der Waals surface area contributed by atoms with Gasteiger partial charge in [-0.1, -0.05) is 47.8 Å². The minimum atomic E-state index is -0.216. The van der Waals surface area contributed by atoms with Crippen molar-refractivity contribution in [2.24, 2.45) is 5.92 Å². The van der Waals surface area contributed by atoms with Gasteiger partial charge in [0.25, 0.3) is 0 Å². The van der Waals surface area contributed by atoms with Crippen LogP contribution in [-0.4, -0.2) is 27.8 Å². The number of halogens is 3. The van der Waals surface area contributed by atoms with Crippen molar-refractivity contribution >= 4 is 63.5 Å². The average Bonchev–Trinajstić information content (AvgIpc) is 3.54. The normalized spacial score (nSPS) is 19.9. The van der Waals surface area contributed by atoms with E-state index in [0.717, 1.165) is 52.5 Å². The Morgan fingerprint density at radius 3 is 2.38 bits per heavy atom. The topological polar surface area (TPSA) is 36.3 Å². The Hall–Kier alpha value is -2.77. The van der Waals surface area contributed by atoms with Crippen LogP contribution in [0.2, 0.25) is 15.1 Å². The fourth-order valence-electron chi connectivity index (χ4n) is 5.62. The summed E-state index contributed by atoms with van der Waals surface area (Å²) < 4.78 is 2.09. The van der Waals surface area contributed by atoms with Gasteiger partial charge in [0.15, 0.2) is 5.11 Å². The molecule has 2 atom stereocenters. The molecule has 5 nitrogen and oxygen atoms in total. The largest absolute Gasteiger partial charge is 0.370 e.